The minimum atomic E-state index is -1.16. The Hall–Kier alpha value is -2.57. The molecule has 2 atom stereocenters. The second kappa shape index (κ2) is 7.21. The highest BCUT2D eigenvalue weighted by Gasteiger charge is 2.52. The molecule has 2 aromatic carbocycles. The maximum Gasteiger partial charge on any atom is 0.356 e. The molecule has 0 spiro atoms. The van der Waals surface area contributed by atoms with Crippen LogP contribution in [-0.2, 0) is 25.5 Å². The van der Waals surface area contributed by atoms with E-state index in [2.05, 4.69) is 0 Å². The molecule has 1 unspecified atom stereocenters. The first-order valence-electron chi connectivity index (χ1n) is 8.76. The van der Waals surface area contributed by atoms with Crippen molar-refractivity contribution in [1.82, 2.24) is 4.90 Å². The van der Waals surface area contributed by atoms with Crippen LogP contribution < -0.4 is 0 Å². The lowest BCUT2D eigenvalue weighted by atomic mass is 10.0. The fourth-order valence-electron chi connectivity index (χ4n) is 3.47. The summed E-state index contributed by atoms with van der Waals surface area (Å²) in [6.45, 7) is 1.73. The number of ether oxygens (including phenoxy) is 1. The largest absolute Gasteiger partial charge is 0.614 e. The molecule has 0 aliphatic carbocycles. The number of carbonyl (C=O) groups is 2. The first kappa shape index (κ1) is 17.8. The number of hydrogen-bond acceptors (Lipinski definition) is 4. The Morgan fingerprint density at radius 3 is 2.19 bits per heavy atom. The standard InChI is InChI=1S/C21H19NO4S/c1-14-13-27(25)18-12-17(23)22(18)19(14)21(24)26-20(15-8-4-2-5-9-15)16-10-6-3-7-11-16/h2-11,18,20H,12-13H2,1H3/t18-,27?/m1/s1. The SMILES string of the molecule is CC1=C(C(=O)OC(c2ccccc2)c2ccccc2)N2C(=O)C[C@H]2[S+]([O-])C1. The van der Waals surface area contributed by atoms with Gasteiger partial charge in [0.15, 0.2) is 6.10 Å². The quantitative estimate of drug-likeness (QED) is 0.464. The van der Waals surface area contributed by atoms with Crippen molar-refractivity contribution in [3.63, 3.8) is 0 Å². The molecule has 2 heterocycles. The van der Waals surface area contributed by atoms with Gasteiger partial charge in [-0.3, -0.25) is 9.69 Å². The van der Waals surface area contributed by atoms with Crippen molar-refractivity contribution in [2.45, 2.75) is 24.8 Å². The first-order valence-corrected chi connectivity index (χ1v) is 10.1. The van der Waals surface area contributed by atoms with E-state index in [1.165, 1.54) is 4.90 Å². The molecule has 0 saturated carbocycles. The molecule has 2 aliphatic rings. The summed E-state index contributed by atoms with van der Waals surface area (Å²) in [5, 5.41) is -0.407. The minimum Gasteiger partial charge on any atom is -0.614 e. The van der Waals surface area contributed by atoms with Gasteiger partial charge in [0, 0.05) is 5.57 Å². The van der Waals surface area contributed by atoms with Gasteiger partial charge in [0.2, 0.25) is 11.3 Å². The van der Waals surface area contributed by atoms with Crippen LogP contribution in [0.15, 0.2) is 71.9 Å². The number of nitrogens with zero attached hydrogens (tertiary/aromatic N) is 1. The zero-order chi connectivity index (χ0) is 19.0. The Labute approximate surface area is 160 Å². The Kier molecular flexibility index (Phi) is 4.76. The smallest absolute Gasteiger partial charge is 0.356 e. The molecule has 0 bridgehead atoms. The van der Waals surface area contributed by atoms with Crippen molar-refractivity contribution < 1.29 is 18.9 Å². The highest BCUT2D eigenvalue weighted by Crippen LogP contribution is 2.37. The van der Waals surface area contributed by atoms with Crippen LogP contribution in [0.4, 0.5) is 0 Å². The Balaban J connectivity index is 1.66. The van der Waals surface area contributed by atoms with Gasteiger partial charge in [0.05, 0.1) is 6.42 Å². The number of β-lactam (4-membered cyclic amide) rings is 1. The lowest BCUT2D eigenvalue weighted by Crippen LogP contribution is -2.60. The highest BCUT2D eigenvalue weighted by molar-refractivity contribution is 7.92. The second-order valence-corrected chi connectivity index (χ2v) is 8.28. The number of carbonyl (C=O) groups excluding carboxylic acids is 2. The van der Waals surface area contributed by atoms with Crippen LogP contribution in [0.25, 0.3) is 0 Å². The van der Waals surface area contributed by atoms with E-state index in [9.17, 15) is 14.1 Å². The predicted molar refractivity (Wildman–Crippen MR) is 102 cm³/mol. The number of fused-ring (bicyclic) bond motifs is 1. The molecule has 0 N–H and O–H groups in total. The molecule has 2 aliphatic heterocycles. The Morgan fingerprint density at radius 2 is 1.67 bits per heavy atom. The Morgan fingerprint density at radius 1 is 1.11 bits per heavy atom. The van der Waals surface area contributed by atoms with E-state index in [1.807, 2.05) is 60.7 Å². The summed E-state index contributed by atoms with van der Waals surface area (Å²) in [5.41, 5.74) is 2.57. The van der Waals surface area contributed by atoms with Gasteiger partial charge in [-0.1, -0.05) is 60.7 Å². The molecule has 1 amide bonds. The predicted octanol–water partition coefficient (Wildman–Crippen LogP) is 2.91. The van der Waals surface area contributed by atoms with Crippen molar-refractivity contribution in [2.24, 2.45) is 0 Å². The summed E-state index contributed by atoms with van der Waals surface area (Å²) in [4.78, 5) is 26.4. The van der Waals surface area contributed by atoms with Gasteiger partial charge in [0.1, 0.15) is 11.4 Å². The summed E-state index contributed by atoms with van der Waals surface area (Å²) in [6, 6.07) is 19.0. The normalized spacial score (nSPS) is 21.7. The van der Waals surface area contributed by atoms with Gasteiger partial charge in [-0.05, 0) is 29.2 Å². The van der Waals surface area contributed by atoms with Crippen LogP contribution in [0.3, 0.4) is 0 Å². The van der Waals surface area contributed by atoms with Crippen molar-refractivity contribution >= 4 is 23.1 Å². The summed E-state index contributed by atoms with van der Waals surface area (Å²) in [7, 11) is 0. The Bertz CT molecular complexity index is 857. The fraction of sp³-hybridized carbons (Fsp3) is 0.238. The second-order valence-electron chi connectivity index (χ2n) is 6.68. The lowest BCUT2D eigenvalue weighted by molar-refractivity contribution is -0.152. The minimum absolute atomic E-state index is 0.185. The van der Waals surface area contributed by atoms with Crippen molar-refractivity contribution in [3.8, 4) is 0 Å². The number of amides is 1. The van der Waals surface area contributed by atoms with Crippen molar-refractivity contribution in [2.75, 3.05) is 5.75 Å². The number of rotatable bonds is 4. The maximum atomic E-state index is 13.0. The van der Waals surface area contributed by atoms with Gasteiger partial charge >= 0.3 is 5.97 Å². The van der Waals surface area contributed by atoms with Crippen molar-refractivity contribution in [1.29, 1.82) is 0 Å². The zero-order valence-corrected chi connectivity index (χ0v) is 15.6. The van der Waals surface area contributed by atoms with E-state index in [0.717, 1.165) is 11.1 Å². The summed E-state index contributed by atoms with van der Waals surface area (Å²) in [5.74, 6) is -0.449. The summed E-state index contributed by atoms with van der Waals surface area (Å²) in [6.07, 6.45) is -0.361. The molecule has 1 saturated heterocycles. The molecule has 27 heavy (non-hydrogen) atoms. The third-order valence-electron chi connectivity index (χ3n) is 4.84. The molecule has 4 rings (SSSR count). The highest BCUT2D eigenvalue weighted by atomic mass is 32.2. The van der Waals surface area contributed by atoms with E-state index < -0.39 is 28.6 Å². The molecular weight excluding hydrogens is 362 g/mol. The third-order valence-corrected chi connectivity index (χ3v) is 6.54. The average Bonchev–Trinajstić information content (AvgIpc) is 2.68. The van der Waals surface area contributed by atoms with Crippen molar-refractivity contribution in [3.05, 3.63) is 83.1 Å². The first-order chi connectivity index (χ1) is 13.1. The molecule has 5 nitrogen and oxygen atoms in total. The monoisotopic (exact) mass is 381 g/mol. The van der Waals surface area contributed by atoms with E-state index in [0.29, 0.717) is 11.3 Å². The number of esters is 1. The third kappa shape index (κ3) is 3.26. The molecule has 0 radical (unpaired) electrons. The summed E-state index contributed by atoms with van der Waals surface area (Å²) < 4.78 is 18.1. The van der Waals surface area contributed by atoms with Gasteiger partial charge in [-0.25, -0.2) is 4.79 Å². The summed E-state index contributed by atoms with van der Waals surface area (Å²) >= 11 is -1.16. The topological polar surface area (TPSA) is 69.7 Å². The van der Waals surface area contributed by atoms with E-state index in [-0.39, 0.29) is 18.0 Å². The fourth-order valence-corrected chi connectivity index (χ4v) is 5.01. The number of hydrogen-bond donors (Lipinski definition) is 0. The number of benzene rings is 2. The van der Waals surface area contributed by atoms with E-state index in [4.69, 9.17) is 4.74 Å². The zero-order valence-electron chi connectivity index (χ0n) is 14.8. The van der Waals surface area contributed by atoms with Crippen LogP contribution >= 0.6 is 0 Å². The van der Waals surface area contributed by atoms with Crippen LogP contribution in [0.2, 0.25) is 0 Å². The molecule has 6 heteroatoms. The van der Waals surface area contributed by atoms with Gasteiger partial charge in [0.25, 0.3) is 0 Å². The van der Waals surface area contributed by atoms with Gasteiger partial charge < -0.3 is 9.29 Å². The molecule has 1 fully saturated rings. The van der Waals surface area contributed by atoms with Crippen LogP contribution in [0.5, 0.6) is 0 Å². The van der Waals surface area contributed by atoms with E-state index in [1.54, 1.807) is 6.92 Å². The molecular formula is C21H19NO4S. The maximum absolute atomic E-state index is 13.0. The van der Waals surface area contributed by atoms with Crippen LogP contribution in [-0.4, -0.2) is 32.5 Å². The van der Waals surface area contributed by atoms with Gasteiger partial charge in [-0.15, -0.1) is 0 Å². The van der Waals surface area contributed by atoms with Crippen LogP contribution in [0, 0.1) is 0 Å². The molecule has 0 aromatic heterocycles. The van der Waals surface area contributed by atoms with E-state index >= 15 is 0 Å². The van der Waals surface area contributed by atoms with Gasteiger partial charge in [-0.2, -0.15) is 0 Å². The lowest BCUT2D eigenvalue weighted by Gasteiger charge is -2.44. The molecule has 138 valence electrons. The van der Waals surface area contributed by atoms with Crippen LogP contribution in [0.1, 0.15) is 30.6 Å². The molecule has 2 aromatic rings. The average molecular weight is 381 g/mol.